The third kappa shape index (κ3) is 3.24. The largest absolute Gasteiger partial charge is 0.443 e. The smallest absolute Gasteiger partial charge is 0.414 e. The number of anilines is 1. The number of benzene rings is 1. The molecule has 1 amide bonds. The Morgan fingerprint density at radius 1 is 1.23 bits per heavy atom. The Balaban J connectivity index is 2.16. The van der Waals surface area contributed by atoms with Crippen LogP contribution in [0, 0.1) is 5.82 Å². The minimum atomic E-state index is -0.680. The van der Waals surface area contributed by atoms with E-state index >= 15 is 0 Å². The molecule has 4 nitrogen and oxygen atoms in total. The summed E-state index contributed by atoms with van der Waals surface area (Å²) in [4.78, 5) is 18.0. The van der Waals surface area contributed by atoms with Crippen molar-refractivity contribution < 1.29 is 13.9 Å². The van der Waals surface area contributed by atoms with Crippen molar-refractivity contribution in [3.05, 3.63) is 44.4 Å². The molecule has 1 heterocycles. The van der Waals surface area contributed by atoms with Crippen molar-refractivity contribution in [1.82, 2.24) is 4.98 Å². The van der Waals surface area contributed by atoms with E-state index < -0.39 is 17.5 Å². The molecule has 0 aliphatic heterocycles. The predicted molar refractivity (Wildman–Crippen MR) is 102 cm³/mol. The highest BCUT2D eigenvalue weighted by Crippen LogP contribution is 2.49. The van der Waals surface area contributed by atoms with Crippen molar-refractivity contribution in [3.8, 4) is 11.1 Å². The molecule has 1 aliphatic rings. The van der Waals surface area contributed by atoms with E-state index in [-0.39, 0.29) is 15.1 Å². The number of hydrogen-bond donors (Lipinski definition) is 0. The monoisotopic (exact) mass is 416 g/mol. The number of carbonyl (C=O) groups is 1. The van der Waals surface area contributed by atoms with E-state index in [4.69, 9.17) is 39.5 Å². The molecular weight excluding hydrogens is 402 g/mol. The van der Waals surface area contributed by atoms with Gasteiger partial charge in [-0.3, -0.25) is 9.88 Å². The maximum atomic E-state index is 14.5. The first-order chi connectivity index (χ1) is 12.0. The maximum absolute atomic E-state index is 14.5. The first kappa shape index (κ1) is 19.2. The molecule has 2 aromatic rings. The van der Waals surface area contributed by atoms with Crippen molar-refractivity contribution >= 4 is 46.6 Å². The van der Waals surface area contributed by atoms with Gasteiger partial charge in [-0.15, -0.1) is 0 Å². The van der Waals surface area contributed by atoms with Gasteiger partial charge in [-0.05, 0) is 32.4 Å². The molecule has 0 N–H and O–H groups in total. The van der Waals surface area contributed by atoms with Crippen LogP contribution in [-0.2, 0) is 11.2 Å². The molecule has 0 saturated heterocycles. The summed E-state index contributed by atoms with van der Waals surface area (Å²) in [6.45, 7) is 5.27. The van der Waals surface area contributed by atoms with Gasteiger partial charge < -0.3 is 4.74 Å². The number of carbonyl (C=O) groups excluding carboxylic acids is 1. The highest BCUT2D eigenvalue weighted by molar-refractivity contribution is 6.44. The van der Waals surface area contributed by atoms with Crippen LogP contribution in [0.15, 0.2) is 12.3 Å². The van der Waals surface area contributed by atoms with E-state index in [9.17, 15) is 9.18 Å². The van der Waals surface area contributed by atoms with Gasteiger partial charge in [0, 0.05) is 30.8 Å². The number of halogens is 4. The average Bonchev–Trinajstić information content (AvgIpc) is 2.92. The van der Waals surface area contributed by atoms with Crippen molar-refractivity contribution in [2.45, 2.75) is 32.8 Å². The number of ether oxygens (including phenoxy) is 1. The van der Waals surface area contributed by atoms with E-state index in [1.54, 1.807) is 20.8 Å². The van der Waals surface area contributed by atoms with Gasteiger partial charge in [-0.1, -0.05) is 34.8 Å². The fourth-order valence-corrected chi connectivity index (χ4v) is 3.53. The predicted octanol–water partition coefficient (Wildman–Crippen LogP) is 6.12. The second kappa shape index (κ2) is 6.55. The van der Waals surface area contributed by atoms with Gasteiger partial charge in [0.25, 0.3) is 0 Å². The molecule has 0 radical (unpaired) electrons. The molecule has 1 aromatic heterocycles. The van der Waals surface area contributed by atoms with E-state index in [2.05, 4.69) is 4.98 Å². The molecule has 26 heavy (non-hydrogen) atoms. The molecule has 0 bridgehead atoms. The highest BCUT2D eigenvalue weighted by atomic mass is 35.5. The number of nitrogens with zero attached hydrogens (tertiary/aromatic N) is 2. The van der Waals surface area contributed by atoms with Crippen LogP contribution in [0.4, 0.5) is 14.9 Å². The number of pyridine rings is 1. The van der Waals surface area contributed by atoms with Crippen LogP contribution in [0.3, 0.4) is 0 Å². The second-order valence-corrected chi connectivity index (χ2v) is 8.17. The highest BCUT2D eigenvalue weighted by Gasteiger charge is 2.33. The lowest BCUT2D eigenvalue weighted by Crippen LogP contribution is -2.34. The summed E-state index contributed by atoms with van der Waals surface area (Å²) in [5.41, 5.74) is 1.85. The summed E-state index contributed by atoms with van der Waals surface area (Å²) in [7, 11) is 1.52. The van der Waals surface area contributed by atoms with Crippen LogP contribution < -0.4 is 4.90 Å². The van der Waals surface area contributed by atoms with Crippen LogP contribution in [-0.4, -0.2) is 23.7 Å². The lowest BCUT2D eigenvalue weighted by atomic mass is 10.0. The van der Waals surface area contributed by atoms with Gasteiger partial charge in [0.1, 0.15) is 11.4 Å². The molecule has 0 spiro atoms. The van der Waals surface area contributed by atoms with E-state index in [0.29, 0.717) is 34.5 Å². The fraction of sp³-hybridized carbons (Fsp3) is 0.333. The zero-order valence-electron chi connectivity index (χ0n) is 14.6. The minimum Gasteiger partial charge on any atom is -0.443 e. The Morgan fingerprint density at radius 3 is 2.50 bits per heavy atom. The lowest BCUT2D eigenvalue weighted by Gasteiger charge is -2.26. The average molecular weight is 418 g/mol. The standard InChI is InChI=1S/C18H16Cl3FN2O2/c1-18(2,3)26-17(25)24(4)12-6-10(22)16(21)13-8(12)5-11-14(13)15(20)9(19)7-23-11/h6-7H,5H2,1-4H3. The minimum absolute atomic E-state index is 0.0777. The molecule has 138 valence electrons. The van der Waals surface area contributed by atoms with Crippen molar-refractivity contribution in [1.29, 1.82) is 0 Å². The number of hydrogen-bond acceptors (Lipinski definition) is 3. The van der Waals surface area contributed by atoms with Gasteiger partial charge in [0.15, 0.2) is 0 Å². The Bertz CT molecular complexity index is 926. The Kier molecular flexibility index (Phi) is 4.84. The zero-order chi connectivity index (χ0) is 19.4. The Labute approximate surface area is 165 Å². The molecule has 0 fully saturated rings. The van der Waals surface area contributed by atoms with Crippen LogP contribution in [0.2, 0.25) is 15.1 Å². The molecule has 8 heteroatoms. The Hall–Kier alpha value is -1.56. The normalized spacial score (nSPS) is 12.6. The summed E-state index contributed by atoms with van der Waals surface area (Å²) in [5, 5.41) is 0.431. The van der Waals surface area contributed by atoms with Crippen LogP contribution in [0.5, 0.6) is 0 Å². The number of amides is 1. The van der Waals surface area contributed by atoms with Crippen LogP contribution in [0.25, 0.3) is 11.1 Å². The molecule has 1 aromatic carbocycles. The first-order valence-corrected chi connectivity index (χ1v) is 8.95. The summed E-state index contributed by atoms with van der Waals surface area (Å²) in [5.74, 6) is -0.667. The van der Waals surface area contributed by atoms with Gasteiger partial charge in [-0.25, -0.2) is 9.18 Å². The van der Waals surface area contributed by atoms with Crippen LogP contribution >= 0.6 is 34.8 Å². The number of rotatable bonds is 1. The summed E-state index contributed by atoms with van der Waals surface area (Å²) >= 11 is 18.6. The molecule has 0 unspecified atom stereocenters. The topological polar surface area (TPSA) is 42.4 Å². The van der Waals surface area contributed by atoms with E-state index in [1.807, 2.05) is 0 Å². The van der Waals surface area contributed by atoms with Crippen molar-refractivity contribution in [3.63, 3.8) is 0 Å². The number of fused-ring (bicyclic) bond motifs is 3. The Morgan fingerprint density at radius 2 is 1.88 bits per heavy atom. The van der Waals surface area contributed by atoms with Gasteiger partial charge in [0.2, 0.25) is 0 Å². The summed E-state index contributed by atoms with van der Waals surface area (Å²) in [6, 6.07) is 1.21. The first-order valence-electron chi connectivity index (χ1n) is 7.82. The number of aromatic nitrogens is 1. The quantitative estimate of drug-likeness (QED) is 0.479. The summed E-state index contributed by atoms with van der Waals surface area (Å²) < 4.78 is 19.9. The second-order valence-electron chi connectivity index (χ2n) is 7.00. The zero-order valence-corrected chi connectivity index (χ0v) is 16.9. The summed E-state index contributed by atoms with van der Waals surface area (Å²) in [6.07, 6.45) is 1.19. The fourth-order valence-electron chi connectivity index (χ4n) is 2.88. The molecule has 0 saturated carbocycles. The van der Waals surface area contributed by atoms with Crippen molar-refractivity contribution in [2.75, 3.05) is 11.9 Å². The van der Waals surface area contributed by atoms with Gasteiger partial charge in [-0.2, -0.15) is 0 Å². The third-order valence-electron chi connectivity index (χ3n) is 3.98. The van der Waals surface area contributed by atoms with E-state index in [0.717, 1.165) is 0 Å². The molecular formula is C18H16Cl3FN2O2. The van der Waals surface area contributed by atoms with Gasteiger partial charge >= 0.3 is 6.09 Å². The SMILES string of the molecule is CN(C(=O)OC(C)(C)C)c1cc(F)c(Cl)c2c1Cc1ncc(Cl)c(Cl)c1-2. The maximum Gasteiger partial charge on any atom is 0.414 e. The lowest BCUT2D eigenvalue weighted by molar-refractivity contribution is 0.0589. The van der Waals surface area contributed by atoms with Gasteiger partial charge in [0.05, 0.1) is 26.4 Å². The van der Waals surface area contributed by atoms with Crippen molar-refractivity contribution in [2.24, 2.45) is 0 Å². The molecule has 3 rings (SSSR count). The van der Waals surface area contributed by atoms with Crippen LogP contribution in [0.1, 0.15) is 32.0 Å². The molecule has 0 atom stereocenters. The third-order valence-corrected chi connectivity index (χ3v) is 5.12. The van der Waals surface area contributed by atoms with E-state index in [1.165, 1.54) is 24.2 Å². The molecule has 1 aliphatic carbocycles.